The second-order valence-corrected chi connectivity index (χ2v) is 5.78. The summed E-state index contributed by atoms with van der Waals surface area (Å²) in [7, 11) is 0. The van der Waals surface area contributed by atoms with Crippen molar-refractivity contribution in [2.45, 2.75) is 38.9 Å². The normalized spacial score (nSPS) is 12.7. The topological polar surface area (TPSA) is 29.1 Å². The number of carbonyl (C=O) groups is 1. The first kappa shape index (κ1) is 18.0. The predicted molar refractivity (Wildman–Crippen MR) is 88.7 cm³/mol. The SMILES string of the molecule is CCC[C@H](C)NC(=O)c1ccccc1-c1ccc(C(F)(F)F)cc1. The van der Waals surface area contributed by atoms with E-state index in [1.54, 1.807) is 24.3 Å². The van der Waals surface area contributed by atoms with Gasteiger partial charge in [0.2, 0.25) is 0 Å². The van der Waals surface area contributed by atoms with Crippen molar-refractivity contribution >= 4 is 5.91 Å². The van der Waals surface area contributed by atoms with Crippen LogP contribution in [0.3, 0.4) is 0 Å². The quantitative estimate of drug-likeness (QED) is 0.790. The zero-order valence-electron chi connectivity index (χ0n) is 13.7. The summed E-state index contributed by atoms with van der Waals surface area (Å²) < 4.78 is 38.0. The molecule has 2 aromatic carbocycles. The summed E-state index contributed by atoms with van der Waals surface area (Å²) in [6, 6.07) is 11.8. The van der Waals surface area contributed by atoms with Crippen LogP contribution in [0.2, 0.25) is 0 Å². The van der Waals surface area contributed by atoms with Crippen LogP contribution in [0.25, 0.3) is 11.1 Å². The minimum absolute atomic E-state index is 0.0446. The fraction of sp³-hybridized carbons (Fsp3) is 0.316. The molecule has 0 aliphatic rings. The minimum Gasteiger partial charge on any atom is -0.350 e. The summed E-state index contributed by atoms with van der Waals surface area (Å²) in [4.78, 5) is 12.5. The van der Waals surface area contributed by atoms with Crippen molar-refractivity contribution in [2.75, 3.05) is 0 Å². The second-order valence-electron chi connectivity index (χ2n) is 5.78. The van der Waals surface area contributed by atoms with Crippen molar-refractivity contribution < 1.29 is 18.0 Å². The predicted octanol–water partition coefficient (Wildman–Crippen LogP) is 5.29. The highest BCUT2D eigenvalue weighted by molar-refractivity contribution is 6.01. The molecule has 5 heteroatoms. The van der Waals surface area contributed by atoms with E-state index in [0.717, 1.165) is 25.0 Å². The highest BCUT2D eigenvalue weighted by Crippen LogP contribution is 2.31. The van der Waals surface area contributed by atoms with Crippen LogP contribution in [0.1, 0.15) is 42.6 Å². The van der Waals surface area contributed by atoms with Crippen LogP contribution in [0.5, 0.6) is 0 Å². The molecule has 0 aliphatic heterocycles. The molecule has 2 rings (SSSR count). The summed E-state index contributed by atoms with van der Waals surface area (Å²) in [5, 5.41) is 2.92. The molecule has 0 aromatic heterocycles. The molecule has 24 heavy (non-hydrogen) atoms. The summed E-state index contributed by atoms with van der Waals surface area (Å²) in [6.07, 6.45) is -2.54. The Balaban J connectivity index is 2.30. The van der Waals surface area contributed by atoms with Gasteiger partial charge in [-0.2, -0.15) is 13.2 Å². The van der Waals surface area contributed by atoms with Gasteiger partial charge >= 0.3 is 6.18 Å². The number of hydrogen-bond acceptors (Lipinski definition) is 1. The Morgan fingerprint density at radius 3 is 2.29 bits per heavy atom. The van der Waals surface area contributed by atoms with Gasteiger partial charge in [-0.3, -0.25) is 4.79 Å². The minimum atomic E-state index is -4.37. The van der Waals surface area contributed by atoms with Gasteiger partial charge in [0.25, 0.3) is 5.91 Å². The molecule has 0 aliphatic carbocycles. The lowest BCUT2D eigenvalue weighted by molar-refractivity contribution is -0.137. The van der Waals surface area contributed by atoms with Gasteiger partial charge in [0.05, 0.1) is 5.56 Å². The van der Waals surface area contributed by atoms with Gasteiger partial charge in [-0.25, -0.2) is 0 Å². The van der Waals surface area contributed by atoms with Crippen molar-refractivity contribution in [3.05, 3.63) is 59.7 Å². The average Bonchev–Trinajstić information content (AvgIpc) is 2.54. The Bertz CT molecular complexity index is 693. The van der Waals surface area contributed by atoms with Crippen LogP contribution in [-0.2, 0) is 6.18 Å². The lowest BCUT2D eigenvalue weighted by Crippen LogP contribution is -2.32. The summed E-state index contributed by atoms with van der Waals surface area (Å²) in [6.45, 7) is 3.97. The Morgan fingerprint density at radius 2 is 1.71 bits per heavy atom. The number of alkyl halides is 3. The molecule has 2 nitrogen and oxygen atoms in total. The molecule has 1 N–H and O–H groups in total. The van der Waals surface area contributed by atoms with E-state index in [1.807, 2.05) is 13.8 Å². The van der Waals surface area contributed by atoms with Crippen LogP contribution in [0.4, 0.5) is 13.2 Å². The van der Waals surface area contributed by atoms with Crippen LogP contribution in [0, 0.1) is 0 Å². The third kappa shape index (κ3) is 4.37. The molecule has 0 saturated carbocycles. The maximum absolute atomic E-state index is 12.7. The van der Waals surface area contributed by atoms with Crippen molar-refractivity contribution in [1.82, 2.24) is 5.32 Å². The number of nitrogens with one attached hydrogen (secondary N) is 1. The summed E-state index contributed by atoms with van der Waals surface area (Å²) >= 11 is 0. The Kier molecular flexibility index (Phi) is 5.65. The Hall–Kier alpha value is -2.30. The van der Waals surface area contributed by atoms with Gasteiger partial charge in [0.15, 0.2) is 0 Å². The number of carbonyl (C=O) groups excluding carboxylic acids is 1. The molecule has 0 fully saturated rings. The van der Waals surface area contributed by atoms with E-state index in [-0.39, 0.29) is 11.9 Å². The van der Waals surface area contributed by atoms with Gasteiger partial charge < -0.3 is 5.32 Å². The van der Waals surface area contributed by atoms with E-state index >= 15 is 0 Å². The number of hydrogen-bond donors (Lipinski definition) is 1. The van der Waals surface area contributed by atoms with Crippen LogP contribution < -0.4 is 5.32 Å². The van der Waals surface area contributed by atoms with Gasteiger partial charge in [-0.05, 0) is 42.7 Å². The molecular formula is C19H20F3NO. The van der Waals surface area contributed by atoms with Crippen molar-refractivity contribution in [3.8, 4) is 11.1 Å². The molecule has 0 heterocycles. The van der Waals surface area contributed by atoms with Gasteiger partial charge in [0, 0.05) is 11.6 Å². The first-order valence-electron chi connectivity index (χ1n) is 7.90. The molecule has 128 valence electrons. The molecule has 0 bridgehead atoms. The van der Waals surface area contributed by atoms with Gasteiger partial charge in [-0.1, -0.05) is 43.7 Å². The van der Waals surface area contributed by atoms with Gasteiger partial charge in [0.1, 0.15) is 0 Å². The zero-order chi connectivity index (χ0) is 17.7. The maximum atomic E-state index is 12.7. The van der Waals surface area contributed by atoms with Crippen molar-refractivity contribution in [2.24, 2.45) is 0 Å². The lowest BCUT2D eigenvalue weighted by atomic mass is 9.98. The molecule has 2 aromatic rings. The van der Waals surface area contributed by atoms with E-state index in [9.17, 15) is 18.0 Å². The van der Waals surface area contributed by atoms with Crippen molar-refractivity contribution in [1.29, 1.82) is 0 Å². The fourth-order valence-corrected chi connectivity index (χ4v) is 2.58. The zero-order valence-corrected chi connectivity index (χ0v) is 13.7. The van der Waals surface area contributed by atoms with Crippen LogP contribution in [-0.4, -0.2) is 11.9 Å². The second kappa shape index (κ2) is 7.51. The number of rotatable bonds is 5. The smallest absolute Gasteiger partial charge is 0.350 e. The highest BCUT2D eigenvalue weighted by Gasteiger charge is 2.30. The monoisotopic (exact) mass is 335 g/mol. The van der Waals surface area contributed by atoms with Crippen LogP contribution in [0.15, 0.2) is 48.5 Å². The first-order chi connectivity index (χ1) is 11.3. The number of halogens is 3. The van der Waals surface area contributed by atoms with E-state index in [1.165, 1.54) is 12.1 Å². The number of benzene rings is 2. The molecule has 0 spiro atoms. The lowest BCUT2D eigenvalue weighted by Gasteiger charge is -2.15. The summed E-state index contributed by atoms with van der Waals surface area (Å²) in [5.41, 5.74) is 0.953. The van der Waals surface area contributed by atoms with Crippen molar-refractivity contribution in [3.63, 3.8) is 0 Å². The number of amides is 1. The highest BCUT2D eigenvalue weighted by atomic mass is 19.4. The average molecular weight is 335 g/mol. The molecule has 0 radical (unpaired) electrons. The molecule has 1 amide bonds. The van der Waals surface area contributed by atoms with Crippen LogP contribution >= 0.6 is 0 Å². The Morgan fingerprint density at radius 1 is 1.08 bits per heavy atom. The standard InChI is InChI=1S/C19H20F3NO/c1-3-6-13(2)23-18(24)17-8-5-4-7-16(17)14-9-11-15(12-10-14)19(20,21)22/h4-5,7-13H,3,6H2,1-2H3,(H,23,24)/t13-/m0/s1. The molecule has 0 unspecified atom stereocenters. The maximum Gasteiger partial charge on any atom is 0.416 e. The van der Waals surface area contributed by atoms with Gasteiger partial charge in [-0.15, -0.1) is 0 Å². The molecule has 0 saturated heterocycles. The van der Waals surface area contributed by atoms with E-state index in [2.05, 4.69) is 5.32 Å². The third-order valence-electron chi connectivity index (χ3n) is 3.79. The third-order valence-corrected chi connectivity index (χ3v) is 3.79. The molecular weight excluding hydrogens is 315 g/mol. The summed E-state index contributed by atoms with van der Waals surface area (Å²) in [5.74, 6) is -0.216. The molecule has 1 atom stereocenters. The van der Waals surface area contributed by atoms with E-state index in [4.69, 9.17) is 0 Å². The largest absolute Gasteiger partial charge is 0.416 e. The fourth-order valence-electron chi connectivity index (χ4n) is 2.58. The Labute approximate surface area is 139 Å². The first-order valence-corrected chi connectivity index (χ1v) is 7.90. The van der Waals surface area contributed by atoms with E-state index < -0.39 is 11.7 Å². The van der Waals surface area contributed by atoms with E-state index in [0.29, 0.717) is 16.7 Å².